The lowest BCUT2D eigenvalue weighted by Gasteiger charge is -2.37. The molecule has 1 unspecified atom stereocenters. The van der Waals surface area contributed by atoms with E-state index in [1.807, 2.05) is 19.2 Å². The molecule has 19 heavy (non-hydrogen) atoms. The van der Waals surface area contributed by atoms with Crippen LogP contribution >= 0.6 is 11.6 Å². The molecule has 1 N–H and O–H groups in total. The van der Waals surface area contributed by atoms with Crippen molar-refractivity contribution in [2.24, 2.45) is 5.92 Å². The Bertz CT molecular complexity index is 390. The maximum Gasteiger partial charge on any atom is 0.0580 e. The smallest absolute Gasteiger partial charge is 0.0580 e. The molecule has 0 spiro atoms. The Morgan fingerprint density at radius 2 is 2.11 bits per heavy atom. The van der Waals surface area contributed by atoms with Gasteiger partial charge in [0.25, 0.3) is 0 Å². The van der Waals surface area contributed by atoms with Gasteiger partial charge in [-0.2, -0.15) is 0 Å². The van der Waals surface area contributed by atoms with E-state index < -0.39 is 0 Å². The standard InChI is InChI=1S/C16H24ClNO/c1-3-19-15-9-12(10-15)8-14(18-2)11-13-6-4-5-7-16(13)17/h4-7,12,14-15,18H,3,8-11H2,1-2H3. The summed E-state index contributed by atoms with van der Waals surface area (Å²) in [5, 5.41) is 4.30. The van der Waals surface area contributed by atoms with Crippen molar-refractivity contribution in [1.29, 1.82) is 0 Å². The molecule has 2 nitrogen and oxygen atoms in total. The van der Waals surface area contributed by atoms with Crippen molar-refractivity contribution in [3.8, 4) is 0 Å². The third-order valence-electron chi connectivity index (χ3n) is 4.05. The van der Waals surface area contributed by atoms with Gasteiger partial charge in [0.15, 0.2) is 0 Å². The van der Waals surface area contributed by atoms with E-state index in [9.17, 15) is 0 Å². The Kier molecular flexibility index (Phi) is 5.68. The molecule has 106 valence electrons. The zero-order chi connectivity index (χ0) is 13.7. The second kappa shape index (κ2) is 7.28. The van der Waals surface area contributed by atoms with Crippen molar-refractivity contribution in [1.82, 2.24) is 5.32 Å². The first-order chi connectivity index (χ1) is 9.22. The van der Waals surface area contributed by atoms with Crippen LogP contribution in [0.15, 0.2) is 24.3 Å². The highest BCUT2D eigenvalue weighted by Crippen LogP contribution is 2.34. The van der Waals surface area contributed by atoms with Gasteiger partial charge in [-0.3, -0.25) is 0 Å². The van der Waals surface area contributed by atoms with E-state index in [0.29, 0.717) is 12.1 Å². The van der Waals surface area contributed by atoms with Gasteiger partial charge in [-0.15, -0.1) is 0 Å². The predicted molar refractivity (Wildman–Crippen MR) is 80.8 cm³/mol. The summed E-state index contributed by atoms with van der Waals surface area (Å²) in [6.07, 6.45) is 5.16. The lowest BCUT2D eigenvalue weighted by atomic mass is 9.77. The van der Waals surface area contributed by atoms with Gasteiger partial charge in [0.05, 0.1) is 6.10 Å². The van der Waals surface area contributed by atoms with Gasteiger partial charge in [0, 0.05) is 17.7 Å². The van der Waals surface area contributed by atoms with Gasteiger partial charge in [-0.1, -0.05) is 29.8 Å². The van der Waals surface area contributed by atoms with Gasteiger partial charge >= 0.3 is 0 Å². The SMILES string of the molecule is CCOC1CC(CC(Cc2ccccc2Cl)NC)C1. The van der Waals surface area contributed by atoms with E-state index in [1.54, 1.807) is 0 Å². The highest BCUT2D eigenvalue weighted by atomic mass is 35.5. The summed E-state index contributed by atoms with van der Waals surface area (Å²) in [5.41, 5.74) is 1.24. The van der Waals surface area contributed by atoms with Gasteiger partial charge in [0.1, 0.15) is 0 Å². The summed E-state index contributed by atoms with van der Waals surface area (Å²) < 4.78 is 5.62. The Balaban J connectivity index is 1.80. The van der Waals surface area contributed by atoms with Crippen LogP contribution in [0.25, 0.3) is 0 Å². The van der Waals surface area contributed by atoms with E-state index >= 15 is 0 Å². The van der Waals surface area contributed by atoms with Gasteiger partial charge in [-0.05, 0) is 57.2 Å². The molecule has 1 aromatic carbocycles. The number of benzene rings is 1. The topological polar surface area (TPSA) is 21.3 Å². The molecular formula is C16H24ClNO. The molecule has 0 amide bonds. The second-order valence-electron chi connectivity index (χ2n) is 5.43. The Morgan fingerprint density at radius 1 is 1.37 bits per heavy atom. The number of hydrogen-bond acceptors (Lipinski definition) is 2. The zero-order valence-corrected chi connectivity index (χ0v) is 12.6. The fourth-order valence-corrected chi connectivity index (χ4v) is 3.09. The first kappa shape index (κ1) is 14.8. The number of ether oxygens (including phenoxy) is 1. The summed E-state index contributed by atoms with van der Waals surface area (Å²) in [6.45, 7) is 2.91. The molecule has 1 fully saturated rings. The van der Waals surface area contributed by atoms with Gasteiger partial charge in [0.2, 0.25) is 0 Å². The highest BCUT2D eigenvalue weighted by Gasteiger charge is 2.31. The zero-order valence-electron chi connectivity index (χ0n) is 11.9. The minimum absolute atomic E-state index is 0.507. The number of nitrogens with one attached hydrogen (secondary N) is 1. The van der Waals surface area contributed by atoms with Crippen LogP contribution < -0.4 is 5.32 Å². The van der Waals surface area contributed by atoms with E-state index in [-0.39, 0.29) is 0 Å². The van der Waals surface area contributed by atoms with Crippen molar-refractivity contribution in [2.75, 3.05) is 13.7 Å². The van der Waals surface area contributed by atoms with Crippen LogP contribution in [0, 0.1) is 5.92 Å². The quantitative estimate of drug-likeness (QED) is 0.823. The molecule has 0 radical (unpaired) electrons. The molecule has 0 aliphatic heterocycles. The molecular weight excluding hydrogens is 258 g/mol. The van der Waals surface area contributed by atoms with Gasteiger partial charge < -0.3 is 10.1 Å². The molecule has 1 atom stereocenters. The van der Waals surface area contributed by atoms with Crippen LogP contribution in [-0.2, 0) is 11.2 Å². The van der Waals surface area contributed by atoms with Crippen molar-refractivity contribution in [3.05, 3.63) is 34.9 Å². The lowest BCUT2D eigenvalue weighted by Crippen LogP contribution is -2.38. The molecule has 1 aliphatic rings. The predicted octanol–water partition coefficient (Wildman–Crippen LogP) is 3.68. The van der Waals surface area contributed by atoms with E-state index in [4.69, 9.17) is 16.3 Å². The minimum Gasteiger partial charge on any atom is -0.378 e. The van der Waals surface area contributed by atoms with Crippen molar-refractivity contribution in [2.45, 2.75) is 44.8 Å². The average Bonchev–Trinajstić information content (AvgIpc) is 2.37. The van der Waals surface area contributed by atoms with Crippen LogP contribution in [0.2, 0.25) is 5.02 Å². The second-order valence-corrected chi connectivity index (χ2v) is 5.84. The summed E-state index contributed by atoms with van der Waals surface area (Å²) in [7, 11) is 2.04. The first-order valence-corrected chi connectivity index (χ1v) is 7.63. The summed E-state index contributed by atoms with van der Waals surface area (Å²) in [4.78, 5) is 0. The first-order valence-electron chi connectivity index (χ1n) is 7.25. The Morgan fingerprint density at radius 3 is 2.74 bits per heavy atom. The minimum atomic E-state index is 0.507. The number of likely N-dealkylation sites (N-methyl/N-ethyl adjacent to an activating group) is 1. The maximum absolute atomic E-state index is 6.23. The number of halogens is 1. The Hall–Kier alpha value is -0.570. The van der Waals surface area contributed by atoms with E-state index in [2.05, 4.69) is 24.4 Å². The summed E-state index contributed by atoms with van der Waals surface area (Å²) in [5.74, 6) is 0.802. The molecule has 3 heteroatoms. The maximum atomic E-state index is 6.23. The third kappa shape index (κ3) is 4.20. The molecule has 0 bridgehead atoms. The lowest BCUT2D eigenvalue weighted by molar-refractivity contribution is -0.0288. The van der Waals surface area contributed by atoms with Crippen LogP contribution in [0.3, 0.4) is 0 Å². The van der Waals surface area contributed by atoms with Crippen molar-refractivity contribution >= 4 is 11.6 Å². The van der Waals surface area contributed by atoms with Crippen molar-refractivity contribution in [3.63, 3.8) is 0 Å². The van der Waals surface area contributed by atoms with Crippen LogP contribution in [0.4, 0.5) is 0 Å². The molecule has 0 saturated heterocycles. The van der Waals surface area contributed by atoms with Crippen LogP contribution in [-0.4, -0.2) is 25.8 Å². The molecule has 1 aromatic rings. The molecule has 0 aromatic heterocycles. The monoisotopic (exact) mass is 281 g/mol. The number of rotatable bonds is 7. The van der Waals surface area contributed by atoms with Gasteiger partial charge in [-0.25, -0.2) is 0 Å². The fraction of sp³-hybridized carbons (Fsp3) is 0.625. The average molecular weight is 282 g/mol. The molecule has 1 saturated carbocycles. The summed E-state index contributed by atoms with van der Waals surface area (Å²) >= 11 is 6.23. The normalized spacial score (nSPS) is 23.9. The third-order valence-corrected chi connectivity index (χ3v) is 4.41. The van der Waals surface area contributed by atoms with Crippen molar-refractivity contribution < 1.29 is 4.74 Å². The Labute approximate surface area is 121 Å². The van der Waals surface area contributed by atoms with E-state index in [0.717, 1.165) is 24.0 Å². The highest BCUT2D eigenvalue weighted by molar-refractivity contribution is 6.31. The fourth-order valence-electron chi connectivity index (χ4n) is 2.87. The van der Waals surface area contributed by atoms with E-state index in [1.165, 1.54) is 24.8 Å². The molecule has 1 aliphatic carbocycles. The van der Waals surface area contributed by atoms with Crippen LogP contribution in [0.5, 0.6) is 0 Å². The number of hydrogen-bond donors (Lipinski definition) is 1. The summed E-state index contributed by atoms with van der Waals surface area (Å²) in [6, 6.07) is 8.64. The molecule has 0 heterocycles. The van der Waals surface area contributed by atoms with Crippen LogP contribution in [0.1, 0.15) is 31.7 Å². The molecule has 2 rings (SSSR count). The largest absolute Gasteiger partial charge is 0.378 e.